The molecule has 1 saturated heterocycles. The Bertz CT molecular complexity index is 391. The lowest BCUT2D eigenvalue weighted by atomic mass is 9.92. The van der Waals surface area contributed by atoms with E-state index in [2.05, 4.69) is 0 Å². The smallest absolute Gasteiger partial charge is 0.168 e. The Morgan fingerprint density at radius 1 is 1.28 bits per heavy atom. The van der Waals surface area contributed by atoms with Crippen LogP contribution in [0.2, 0.25) is 4.34 Å². The van der Waals surface area contributed by atoms with Crippen molar-refractivity contribution in [2.75, 3.05) is 13.2 Å². The maximum absolute atomic E-state index is 5.93. The lowest BCUT2D eigenvalue weighted by molar-refractivity contribution is -0.192. The third-order valence-electron chi connectivity index (χ3n) is 3.60. The van der Waals surface area contributed by atoms with Gasteiger partial charge in [0.2, 0.25) is 0 Å². The molecule has 2 aliphatic rings. The Morgan fingerprint density at radius 2 is 2.00 bits per heavy atom. The Hall–Kier alpha value is -0.130. The van der Waals surface area contributed by atoms with E-state index in [1.165, 1.54) is 4.88 Å². The first-order valence-electron chi connectivity index (χ1n) is 6.40. The molecule has 3 nitrogen and oxygen atoms in total. The average molecular weight is 289 g/mol. The quantitative estimate of drug-likeness (QED) is 0.850. The van der Waals surface area contributed by atoms with Gasteiger partial charge in [-0.05, 0) is 25.0 Å². The first kappa shape index (κ1) is 12.9. The summed E-state index contributed by atoms with van der Waals surface area (Å²) in [4.78, 5) is 1.19. The van der Waals surface area contributed by atoms with Gasteiger partial charge in [-0.25, -0.2) is 0 Å². The number of hydrogen-bond acceptors (Lipinski definition) is 4. The molecule has 18 heavy (non-hydrogen) atoms. The molecule has 1 aliphatic carbocycles. The largest absolute Gasteiger partial charge is 0.373 e. The number of ether oxygens (including phenoxy) is 3. The summed E-state index contributed by atoms with van der Waals surface area (Å²) < 4.78 is 18.2. The van der Waals surface area contributed by atoms with Crippen LogP contribution in [0.15, 0.2) is 12.1 Å². The van der Waals surface area contributed by atoms with E-state index in [-0.39, 0.29) is 5.79 Å². The van der Waals surface area contributed by atoms with E-state index >= 15 is 0 Å². The highest BCUT2D eigenvalue weighted by atomic mass is 35.5. The third kappa shape index (κ3) is 2.89. The Kier molecular flexibility index (Phi) is 3.91. The van der Waals surface area contributed by atoms with Crippen LogP contribution in [0.1, 0.15) is 30.6 Å². The Labute approximate surface area is 116 Å². The predicted octanol–water partition coefficient (Wildman–Crippen LogP) is 3.60. The molecule has 1 spiro atoms. The molecule has 0 radical (unpaired) electrons. The van der Waals surface area contributed by atoms with Crippen LogP contribution in [0.25, 0.3) is 0 Å². The molecule has 5 heteroatoms. The number of rotatable bonds is 3. The van der Waals surface area contributed by atoms with Crippen molar-refractivity contribution in [3.63, 3.8) is 0 Å². The minimum absolute atomic E-state index is 0.286. The van der Waals surface area contributed by atoms with Crippen molar-refractivity contribution in [3.8, 4) is 0 Å². The van der Waals surface area contributed by atoms with Gasteiger partial charge < -0.3 is 14.2 Å². The zero-order valence-corrected chi connectivity index (χ0v) is 11.8. The second-order valence-corrected chi connectivity index (χ2v) is 6.62. The van der Waals surface area contributed by atoms with Crippen molar-refractivity contribution >= 4 is 22.9 Å². The van der Waals surface area contributed by atoms with Crippen molar-refractivity contribution in [1.82, 2.24) is 0 Å². The van der Waals surface area contributed by atoms with Crippen molar-refractivity contribution in [2.24, 2.45) is 0 Å². The van der Waals surface area contributed by atoms with E-state index in [0.29, 0.717) is 12.7 Å². The minimum atomic E-state index is -0.286. The first-order valence-corrected chi connectivity index (χ1v) is 7.59. The molecule has 1 saturated carbocycles. The monoisotopic (exact) mass is 288 g/mol. The summed E-state index contributed by atoms with van der Waals surface area (Å²) in [6.07, 6.45) is 4.24. The summed E-state index contributed by atoms with van der Waals surface area (Å²) in [6, 6.07) is 3.95. The van der Waals surface area contributed by atoms with Crippen LogP contribution in [0.5, 0.6) is 0 Å². The molecule has 0 bridgehead atoms. The highest BCUT2D eigenvalue weighted by Gasteiger charge is 2.40. The number of thiophene rings is 1. The first-order chi connectivity index (χ1) is 8.76. The van der Waals surface area contributed by atoms with Gasteiger partial charge in [-0.15, -0.1) is 11.3 Å². The summed E-state index contributed by atoms with van der Waals surface area (Å²) in [5, 5.41) is 0. The number of hydrogen-bond donors (Lipinski definition) is 0. The van der Waals surface area contributed by atoms with Gasteiger partial charge in [0.15, 0.2) is 5.79 Å². The van der Waals surface area contributed by atoms with E-state index in [0.717, 1.165) is 43.2 Å². The van der Waals surface area contributed by atoms with Crippen LogP contribution in [0, 0.1) is 0 Å². The Morgan fingerprint density at radius 3 is 2.61 bits per heavy atom. The van der Waals surface area contributed by atoms with Crippen molar-refractivity contribution in [1.29, 1.82) is 0 Å². The molecule has 2 heterocycles. The summed E-state index contributed by atoms with van der Waals surface area (Å²) in [6.45, 7) is 2.13. The average Bonchev–Trinajstić information content (AvgIpc) is 2.99. The SMILES string of the molecule is Clc1ccc(COC2CCC3(CC2)OCCO3)s1. The van der Waals surface area contributed by atoms with Crippen LogP contribution in [0.4, 0.5) is 0 Å². The molecule has 1 aliphatic heterocycles. The lowest BCUT2D eigenvalue weighted by Crippen LogP contribution is -2.37. The molecule has 100 valence electrons. The van der Waals surface area contributed by atoms with Crippen LogP contribution < -0.4 is 0 Å². The van der Waals surface area contributed by atoms with Gasteiger partial charge in [-0.2, -0.15) is 0 Å². The van der Waals surface area contributed by atoms with Gasteiger partial charge in [0, 0.05) is 17.7 Å². The van der Waals surface area contributed by atoms with E-state index in [1.807, 2.05) is 12.1 Å². The molecule has 0 aromatic carbocycles. The van der Waals surface area contributed by atoms with Gasteiger partial charge >= 0.3 is 0 Å². The summed E-state index contributed by atoms with van der Waals surface area (Å²) in [7, 11) is 0. The molecule has 1 aromatic rings. The van der Waals surface area contributed by atoms with E-state index in [4.69, 9.17) is 25.8 Å². The summed E-state index contributed by atoms with van der Waals surface area (Å²) in [5.74, 6) is -0.286. The minimum Gasteiger partial charge on any atom is -0.373 e. The molecule has 1 aromatic heterocycles. The molecule has 2 fully saturated rings. The van der Waals surface area contributed by atoms with Gasteiger partial charge in [0.05, 0.1) is 30.3 Å². The fourth-order valence-corrected chi connectivity index (χ4v) is 3.62. The van der Waals surface area contributed by atoms with Crippen LogP contribution in [-0.4, -0.2) is 25.1 Å². The summed E-state index contributed by atoms with van der Waals surface area (Å²) in [5.41, 5.74) is 0. The van der Waals surface area contributed by atoms with Gasteiger partial charge in [-0.1, -0.05) is 11.6 Å². The third-order valence-corrected chi connectivity index (χ3v) is 4.80. The van der Waals surface area contributed by atoms with Gasteiger partial charge in [0.25, 0.3) is 0 Å². The zero-order valence-electron chi connectivity index (χ0n) is 10.2. The molecule has 0 N–H and O–H groups in total. The van der Waals surface area contributed by atoms with Crippen molar-refractivity contribution in [2.45, 2.75) is 44.2 Å². The van der Waals surface area contributed by atoms with E-state index < -0.39 is 0 Å². The highest BCUT2D eigenvalue weighted by Crippen LogP contribution is 2.37. The lowest BCUT2D eigenvalue weighted by Gasteiger charge is -2.35. The second-order valence-electron chi connectivity index (χ2n) is 4.82. The fraction of sp³-hybridized carbons (Fsp3) is 0.692. The normalized spacial score (nSPS) is 23.8. The van der Waals surface area contributed by atoms with Crippen molar-refractivity contribution in [3.05, 3.63) is 21.3 Å². The second kappa shape index (κ2) is 5.47. The standard InChI is InChI=1S/C13H17ClO3S/c14-12-2-1-11(18-12)9-15-10-3-5-13(6-4-10)16-7-8-17-13/h1-2,10H,3-9H2. The molecule has 0 amide bonds. The topological polar surface area (TPSA) is 27.7 Å². The van der Waals surface area contributed by atoms with Crippen LogP contribution in [0.3, 0.4) is 0 Å². The van der Waals surface area contributed by atoms with Gasteiger partial charge in [-0.3, -0.25) is 0 Å². The van der Waals surface area contributed by atoms with Gasteiger partial charge in [0.1, 0.15) is 0 Å². The van der Waals surface area contributed by atoms with Crippen molar-refractivity contribution < 1.29 is 14.2 Å². The maximum Gasteiger partial charge on any atom is 0.168 e. The maximum atomic E-state index is 5.93. The summed E-state index contributed by atoms with van der Waals surface area (Å²) >= 11 is 7.48. The number of halogens is 1. The van der Waals surface area contributed by atoms with Crippen LogP contribution in [-0.2, 0) is 20.8 Å². The molecule has 3 rings (SSSR count). The molecular formula is C13H17ClO3S. The van der Waals surface area contributed by atoms with Crippen LogP contribution >= 0.6 is 22.9 Å². The predicted molar refractivity (Wildman–Crippen MR) is 71.0 cm³/mol. The fourth-order valence-electron chi connectivity index (χ4n) is 2.61. The molecular weight excluding hydrogens is 272 g/mol. The zero-order chi connectivity index (χ0) is 12.4. The molecule has 0 atom stereocenters. The Balaban J connectivity index is 1.45. The molecule has 0 unspecified atom stereocenters. The van der Waals surface area contributed by atoms with E-state index in [9.17, 15) is 0 Å². The van der Waals surface area contributed by atoms with E-state index in [1.54, 1.807) is 11.3 Å². The highest BCUT2D eigenvalue weighted by molar-refractivity contribution is 7.16.